The largest absolute Gasteiger partial charge is 0.444 e. The Balaban J connectivity index is 1.39. The van der Waals surface area contributed by atoms with Crippen LogP contribution in [0, 0.1) is 0 Å². The minimum Gasteiger partial charge on any atom is -0.444 e. The zero-order chi connectivity index (χ0) is 33.7. The summed E-state index contributed by atoms with van der Waals surface area (Å²) in [5.74, 6) is 0. The molecular formula is C39H47N4O5+. The molecule has 1 aliphatic carbocycles. The fraction of sp³-hybridized carbons (Fsp3) is 0.410. The van der Waals surface area contributed by atoms with E-state index in [1.807, 2.05) is 118 Å². The van der Waals surface area contributed by atoms with Crippen molar-refractivity contribution in [3.63, 3.8) is 0 Å². The fourth-order valence-corrected chi connectivity index (χ4v) is 7.15. The van der Waals surface area contributed by atoms with Crippen molar-refractivity contribution in [1.82, 2.24) is 14.7 Å². The number of carbonyl (C=O) groups is 3. The van der Waals surface area contributed by atoms with E-state index in [2.05, 4.69) is 0 Å². The molecule has 1 saturated heterocycles. The number of hydrogen-bond donors (Lipinski definition) is 0. The second kappa shape index (κ2) is 14.3. The van der Waals surface area contributed by atoms with E-state index in [4.69, 9.17) is 9.47 Å². The van der Waals surface area contributed by atoms with Crippen molar-refractivity contribution in [3.8, 4) is 0 Å². The van der Waals surface area contributed by atoms with Gasteiger partial charge >= 0.3 is 18.2 Å². The molecule has 9 nitrogen and oxygen atoms in total. The van der Waals surface area contributed by atoms with Crippen LogP contribution in [-0.4, -0.2) is 81.3 Å². The summed E-state index contributed by atoms with van der Waals surface area (Å²) in [4.78, 5) is 48.6. The predicted molar refractivity (Wildman–Crippen MR) is 184 cm³/mol. The van der Waals surface area contributed by atoms with Crippen LogP contribution in [0.1, 0.15) is 63.1 Å². The molecule has 48 heavy (non-hydrogen) atoms. The summed E-state index contributed by atoms with van der Waals surface area (Å²) in [5, 5.41) is 0. The maximum absolute atomic E-state index is 15.4. The van der Waals surface area contributed by atoms with E-state index in [-0.39, 0.29) is 18.2 Å². The fourth-order valence-electron chi connectivity index (χ4n) is 7.15. The lowest BCUT2D eigenvalue weighted by atomic mass is 9.88. The van der Waals surface area contributed by atoms with Crippen LogP contribution in [0.25, 0.3) is 5.70 Å². The number of ether oxygens (including phenoxy) is 2. The molecule has 0 aromatic heterocycles. The Morgan fingerprint density at radius 3 is 1.96 bits per heavy atom. The van der Waals surface area contributed by atoms with E-state index in [9.17, 15) is 4.79 Å². The summed E-state index contributed by atoms with van der Waals surface area (Å²) in [6.07, 6.45) is 4.45. The number of hydrogen-bond acceptors (Lipinski definition) is 5. The Morgan fingerprint density at radius 2 is 1.33 bits per heavy atom. The van der Waals surface area contributed by atoms with Crippen molar-refractivity contribution in [3.05, 3.63) is 114 Å². The Labute approximate surface area is 283 Å². The lowest BCUT2D eigenvalue weighted by Gasteiger charge is -2.46. The molecular weight excluding hydrogens is 604 g/mol. The van der Waals surface area contributed by atoms with E-state index in [0.29, 0.717) is 51.4 Å². The lowest BCUT2D eigenvalue weighted by molar-refractivity contribution is -0.734. The topological polar surface area (TPSA) is 79.4 Å². The quantitative estimate of drug-likeness (QED) is 0.246. The molecule has 1 unspecified atom stereocenters. The zero-order valence-electron chi connectivity index (χ0n) is 28.3. The number of urea groups is 2. The van der Waals surface area contributed by atoms with Gasteiger partial charge in [-0.3, -0.25) is 9.80 Å². The molecule has 3 aromatic rings. The van der Waals surface area contributed by atoms with Gasteiger partial charge in [-0.1, -0.05) is 85.3 Å². The molecule has 2 fully saturated rings. The number of carbonyl (C=O) groups excluding carboxylic acids is 3. The SMILES string of the molecule is CC(C)(C)OC(=O)N1CCN(C(=O)[N+]2([C@@H]3CCCC[C@H]3OCc3ccccc3)C(=O)N(Cc3ccccc3)C=C2c2ccccc2)CC1. The zero-order valence-corrected chi connectivity index (χ0v) is 28.3. The summed E-state index contributed by atoms with van der Waals surface area (Å²) in [7, 11) is 0. The molecule has 0 spiro atoms. The standard InChI is InChI=1S/C39H47N4O5/c1-39(2,3)48-38(46)41-25-23-40(24-26-41)36(44)43(33-21-13-14-22-35(33)47-29-31-17-9-5-10-18-31)34(32-19-11-6-12-20-32)28-42(37(43)45)27-30-15-7-4-8-16-30/h4-12,15-20,28,33,35H,13-14,21-27,29H2,1-3H3/q+1/t33-,35-,43?/m1/s1. The summed E-state index contributed by atoms with van der Waals surface area (Å²) < 4.78 is 11.8. The van der Waals surface area contributed by atoms with Gasteiger partial charge < -0.3 is 14.4 Å². The molecule has 5 amide bonds. The minimum atomic E-state index is -0.616. The molecule has 252 valence electrons. The van der Waals surface area contributed by atoms with Gasteiger partial charge in [0.25, 0.3) is 0 Å². The van der Waals surface area contributed by atoms with Crippen LogP contribution in [0.5, 0.6) is 0 Å². The first-order valence-electron chi connectivity index (χ1n) is 17.1. The molecule has 3 aliphatic rings. The third-order valence-corrected chi connectivity index (χ3v) is 9.45. The maximum atomic E-state index is 15.4. The van der Waals surface area contributed by atoms with Crippen LogP contribution >= 0.6 is 0 Å². The van der Waals surface area contributed by atoms with Gasteiger partial charge in [0.2, 0.25) is 0 Å². The number of amides is 5. The first-order chi connectivity index (χ1) is 23.2. The first-order valence-corrected chi connectivity index (χ1v) is 17.1. The van der Waals surface area contributed by atoms with Gasteiger partial charge in [-0.05, 0) is 56.9 Å². The molecule has 2 aliphatic heterocycles. The van der Waals surface area contributed by atoms with Crippen LogP contribution < -0.4 is 0 Å². The van der Waals surface area contributed by atoms with Gasteiger partial charge in [0, 0.05) is 38.2 Å². The van der Waals surface area contributed by atoms with E-state index < -0.39 is 22.2 Å². The van der Waals surface area contributed by atoms with Gasteiger partial charge in [0.1, 0.15) is 17.7 Å². The van der Waals surface area contributed by atoms with E-state index in [0.717, 1.165) is 36.0 Å². The van der Waals surface area contributed by atoms with Crippen molar-refractivity contribution in [2.24, 2.45) is 0 Å². The van der Waals surface area contributed by atoms with Crippen LogP contribution in [0.2, 0.25) is 0 Å². The Kier molecular flexibility index (Phi) is 9.99. The predicted octanol–water partition coefficient (Wildman–Crippen LogP) is 7.64. The molecule has 0 radical (unpaired) electrons. The van der Waals surface area contributed by atoms with Crippen molar-refractivity contribution < 1.29 is 28.3 Å². The minimum absolute atomic E-state index is 0.266. The van der Waals surface area contributed by atoms with E-state index in [1.165, 1.54) is 0 Å². The molecule has 9 heteroatoms. The Morgan fingerprint density at radius 1 is 0.771 bits per heavy atom. The van der Waals surface area contributed by atoms with Gasteiger partial charge in [0.05, 0.1) is 19.4 Å². The van der Waals surface area contributed by atoms with Crippen LogP contribution in [-0.2, 0) is 22.6 Å². The van der Waals surface area contributed by atoms with Crippen LogP contribution in [0.3, 0.4) is 0 Å². The molecule has 6 rings (SSSR count). The number of nitrogens with zero attached hydrogens (tertiary/aromatic N) is 4. The average molecular weight is 652 g/mol. The van der Waals surface area contributed by atoms with Crippen molar-refractivity contribution >= 4 is 23.9 Å². The monoisotopic (exact) mass is 651 g/mol. The third-order valence-electron chi connectivity index (χ3n) is 9.45. The normalized spacial score (nSPS) is 23.2. The molecule has 1 saturated carbocycles. The van der Waals surface area contributed by atoms with Crippen molar-refractivity contribution in [2.45, 2.75) is 77.4 Å². The maximum Gasteiger partial charge on any atom is 0.438 e. The summed E-state index contributed by atoms with van der Waals surface area (Å²) in [5.41, 5.74) is 2.91. The highest BCUT2D eigenvalue weighted by Crippen LogP contribution is 2.45. The van der Waals surface area contributed by atoms with Gasteiger partial charge in [-0.15, -0.1) is 4.48 Å². The van der Waals surface area contributed by atoms with Crippen LogP contribution in [0.15, 0.2) is 97.2 Å². The van der Waals surface area contributed by atoms with Gasteiger partial charge in [-0.2, -0.15) is 0 Å². The highest BCUT2D eigenvalue weighted by molar-refractivity contribution is 5.95. The van der Waals surface area contributed by atoms with E-state index >= 15 is 9.59 Å². The van der Waals surface area contributed by atoms with Gasteiger partial charge in [-0.25, -0.2) is 14.4 Å². The summed E-state index contributed by atoms with van der Waals surface area (Å²) >= 11 is 0. The number of benzene rings is 3. The highest BCUT2D eigenvalue weighted by atomic mass is 16.6. The first kappa shape index (κ1) is 33.4. The lowest BCUT2D eigenvalue weighted by Crippen LogP contribution is -2.69. The molecule has 3 atom stereocenters. The summed E-state index contributed by atoms with van der Waals surface area (Å²) in [6, 6.07) is 28.8. The van der Waals surface area contributed by atoms with E-state index in [1.54, 1.807) is 14.7 Å². The average Bonchev–Trinajstić information content (AvgIpc) is 3.39. The molecule has 3 aromatic carbocycles. The van der Waals surface area contributed by atoms with Crippen molar-refractivity contribution in [1.29, 1.82) is 0 Å². The molecule has 2 heterocycles. The Hall–Kier alpha value is -4.47. The molecule has 0 N–H and O–H groups in total. The third kappa shape index (κ3) is 7.03. The number of piperazine rings is 1. The number of imide groups is 1. The number of quaternary nitrogens is 1. The Bertz CT molecular complexity index is 1600. The second-order valence-corrected chi connectivity index (χ2v) is 13.9. The summed E-state index contributed by atoms with van der Waals surface area (Å²) in [6.45, 7) is 7.53. The second-order valence-electron chi connectivity index (χ2n) is 13.9. The smallest absolute Gasteiger partial charge is 0.438 e. The molecule has 0 bridgehead atoms. The van der Waals surface area contributed by atoms with Gasteiger partial charge in [0.15, 0.2) is 5.70 Å². The van der Waals surface area contributed by atoms with Crippen LogP contribution in [0.4, 0.5) is 14.4 Å². The van der Waals surface area contributed by atoms with Crippen molar-refractivity contribution in [2.75, 3.05) is 26.2 Å². The highest BCUT2D eigenvalue weighted by Gasteiger charge is 2.64. The number of rotatable bonds is 7.